The summed E-state index contributed by atoms with van der Waals surface area (Å²) < 4.78 is 0. The van der Waals surface area contributed by atoms with E-state index in [4.69, 9.17) is 0 Å². The largest absolute Gasteiger partial charge is 0.350 e. The van der Waals surface area contributed by atoms with E-state index >= 15 is 0 Å². The Bertz CT molecular complexity index is 418. The molecule has 0 spiro atoms. The molecule has 3 N–H and O–H groups in total. The molecule has 0 saturated heterocycles. The van der Waals surface area contributed by atoms with Gasteiger partial charge in [0.25, 0.3) is 0 Å². The second kappa shape index (κ2) is 8.88. The van der Waals surface area contributed by atoms with Crippen LogP contribution in [0.15, 0.2) is 43.0 Å². The van der Waals surface area contributed by atoms with Crippen molar-refractivity contribution >= 4 is 11.8 Å². The summed E-state index contributed by atoms with van der Waals surface area (Å²) in [5.74, 6) is -0.419. The number of hydrogen-bond acceptors (Lipinski definition) is 3. The molecule has 0 bridgehead atoms. The smallest absolute Gasteiger partial charge is 0.239 e. The Labute approximate surface area is 113 Å². The summed E-state index contributed by atoms with van der Waals surface area (Å²) in [6.45, 7) is 4.72. The van der Waals surface area contributed by atoms with Crippen LogP contribution in [0.1, 0.15) is 5.56 Å². The first-order chi connectivity index (χ1) is 9.22. The molecule has 102 valence electrons. The van der Waals surface area contributed by atoms with Crippen molar-refractivity contribution in [1.82, 2.24) is 16.0 Å². The third-order valence-electron chi connectivity index (χ3n) is 2.35. The van der Waals surface area contributed by atoms with Crippen LogP contribution in [0.25, 0.3) is 0 Å². The van der Waals surface area contributed by atoms with E-state index in [9.17, 15) is 9.59 Å². The maximum absolute atomic E-state index is 11.5. The van der Waals surface area contributed by atoms with E-state index < -0.39 is 0 Å². The standard InChI is InChI=1S/C14H19N3O2/c1-2-8-15-10-13(18)17-11-14(19)16-9-12-6-4-3-5-7-12/h2-7,15H,1,8-11H2,(H,16,19)(H,17,18). The zero-order chi connectivity index (χ0) is 13.9. The van der Waals surface area contributed by atoms with Crippen molar-refractivity contribution in [1.29, 1.82) is 0 Å². The molecule has 0 heterocycles. The molecular weight excluding hydrogens is 242 g/mol. The number of nitrogens with one attached hydrogen (secondary N) is 3. The summed E-state index contributed by atoms with van der Waals surface area (Å²) in [6, 6.07) is 9.60. The Kier molecular flexibility index (Phi) is 6.97. The number of hydrogen-bond donors (Lipinski definition) is 3. The minimum Gasteiger partial charge on any atom is -0.350 e. The van der Waals surface area contributed by atoms with Gasteiger partial charge in [0.1, 0.15) is 0 Å². The van der Waals surface area contributed by atoms with Crippen LogP contribution in [0.3, 0.4) is 0 Å². The Morgan fingerprint density at radius 1 is 1.05 bits per heavy atom. The van der Waals surface area contributed by atoms with E-state index in [-0.39, 0.29) is 24.9 Å². The summed E-state index contributed by atoms with van der Waals surface area (Å²) in [5.41, 5.74) is 1.02. The van der Waals surface area contributed by atoms with Crippen molar-refractivity contribution in [3.63, 3.8) is 0 Å². The van der Waals surface area contributed by atoms with Crippen molar-refractivity contribution in [3.8, 4) is 0 Å². The van der Waals surface area contributed by atoms with E-state index in [0.717, 1.165) is 5.56 Å². The van der Waals surface area contributed by atoms with Crippen LogP contribution in [0.2, 0.25) is 0 Å². The van der Waals surface area contributed by atoms with Gasteiger partial charge in [0.15, 0.2) is 0 Å². The molecule has 0 aromatic heterocycles. The molecule has 5 nitrogen and oxygen atoms in total. The minimum absolute atomic E-state index is 0.0125. The molecule has 0 fully saturated rings. The molecule has 0 unspecified atom stereocenters. The fourth-order valence-electron chi connectivity index (χ4n) is 1.39. The zero-order valence-electron chi connectivity index (χ0n) is 10.8. The highest BCUT2D eigenvalue weighted by molar-refractivity contribution is 5.85. The predicted octanol–water partition coefficient (Wildman–Crippen LogP) is 0.195. The van der Waals surface area contributed by atoms with Gasteiger partial charge in [-0.05, 0) is 5.56 Å². The van der Waals surface area contributed by atoms with Crippen LogP contribution in [-0.4, -0.2) is 31.4 Å². The van der Waals surface area contributed by atoms with E-state index in [1.54, 1.807) is 6.08 Å². The molecule has 0 aliphatic rings. The zero-order valence-corrected chi connectivity index (χ0v) is 10.8. The molecule has 0 aliphatic heterocycles. The maximum atomic E-state index is 11.5. The quantitative estimate of drug-likeness (QED) is 0.462. The summed E-state index contributed by atoms with van der Waals surface area (Å²) in [6.07, 6.45) is 1.67. The van der Waals surface area contributed by atoms with Gasteiger partial charge >= 0.3 is 0 Å². The van der Waals surface area contributed by atoms with Gasteiger partial charge in [-0.25, -0.2) is 0 Å². The molecule has 0 atom stereocenters. The van der Waals surface area contributed by atoms with Gasteiger partial charge in [-0.15, -0.1) is 6.58 Å². The molecule has 19 heavy (non-hydrogen) atoms. The Hall–Kier alpha value is -2.14. The molecule has 5 heteroatoms. The van der Waals surface area contributed by atoms with Crippen LogP contribution in [0.4, 0.5) is 0 Å². The third kappa shape index (κ3) is 7.00. The molecule has 2 amide bonds. The number of carbonyl (C=O) groups excluding carboxylic acids is 2. The first-order valence-electron chi connectivity index (χ1n) is 6.11. The molecule has 1 aromatic carbocycles. The molecule has 1 rings (SSSR count). The monoisotopic (exact) mass is 261 g/mol. The molecule has 0 aliphatic carbocycles. The number of amides is 2. The van der Waals surface area contributed by atoms with Gasteiger partial charge in [0.2, 0.25) is 11.8 Å². The van der Waals surface area contributed by atoms with Gasteiger partial charge in [-0.1, -0.05) is 36.4 Å². The van der Waals surface area contributed by atoms with Crippen molar-refractivity contribution < 1.29 is 9.59 Å². The summed E-state index contributed by atoms with van der Waals surface area (Å²) in [5, 5.41) is 8.12. The van der Waals surface area contributed by atoms with Crippen LogP contribution >= 0.6 is 0 Å². The van der Waals surface area contributed by atoms with Crippen molar-refractivity contribution in [3.05, 3.63) is 48.6 Å². The van der Waals surface area contributed by atoms with Crippen molar-refractivity contribution in [2.45, 2.75) is 6.54 Å². The van der Waals surface area contributed by atoms with Gasteiger partial charge in [-0.3, -0.25) is 9.59 Å². The van der Waals surface area contributed by atoms with Gasteiger partial charge in [-0.2, -0.15) is 0 Å². The van der Waals surface area contributed by atoms with Crippen molar-refractivity contribution in [2.75, 3.05) is 19.6 Å². The van der Waals surface area contributed by atoms with Gasteiger partial charge in [0, 0.05) is 13.1 Å². The fourth-order valence-corrected chi connectivity index (χ4v) is 1.39. The Morgan fingerprint density at radius 2 is 1.74 bits per heavy atom. The summed E-state index contributed by atoms with van der Waals surface area (Å²) >= 11 is 0. The molecule has 1 aromatic rings. The van der Waals surface area contributed by atoms with Gasteiger partial charge in [0.05, 0.1) is 13.1 Å². The van der Waals surface area contributed by atoms with Crippen LogP contribution in [0.5, 0.6) is 0 Å². The van der Waals surface area contributed by atoms with E-state index in [1.165, 1.54) is 0 Å². The number of rotatable bonds is 8. The highest BCUT2D eigenvalue weighted by atomic mass is 16.2. The van der Waals surface area contributed by atoms with Crippen LogP contribution in [0, 0.1) is 0 Å². The van der Waals surface area contributed by atoms with Crippen LogP contribution < -0.4 is 16.0 Å². The summed E-state index contributed by atoms with van der Waals surface area (Å²) in [7, 11) is 0. The lowest BCUT2D eigenvalue weighted by Crippen LogP contribution is -2.40. The normalized spacial score (nSPS) is 9.68. The van der Waals surface area contributed by atoms with Crippen LogP contribution in [-0.2, 0) is 16.1 Å². The average molecular weight is 261 g/mol. The predicted molar refractivity (Wildman–Crippen MR) is 74.4 cm³/mol. The highest BCUT2D eigenvalue weighted by Gasteiger charge is 2.04. The number of benzene rings is 1. The molecular formula is C14H19N3O2. The lowest BCUT2D eigenvalue weighted by atomic mass is 10.2. The summed E-state index contributed by atoms with van der Waals surface area (Å²) in [4.78, 5) is 22.8. The third-order valence-corrected chi connectivity index (χ3v) is 2.35. The topological polar surface area (TPSA) is 70.2 Å². The van der Waals surface area contributed by atoms with Gasteiger partial charge < -0.3 is 16.0 Å². The Morgan fingerprint density at radius 3 is 2.42 bits per heavy atom. The maximum Gasteiger partial charge on any atom is 0.239 e. The highest BCUT2D eigenvalue weighted by Crippen LogP contribution is 1.96. The average Bonchev–Trinajstić information content (AvgIpc) is 2.44. The second-order valence-electron chi connectivity index (χ2n) is 3.96. The SMILES string of the molecule is C=CCNCC(=O)NCC(=O)NCc1ccccc1. The minimum atomic E-state index is -0.211. The van der Waals surface area contributed by atoms with E-state index in [2.05, 4.69) is 22.5 Å². The fraction of sp³-hybridized carbons (Fsp3) is 0.286. The first kappa shape index (κ1) is 14.9. The lowest BCUT2D eigenvalue weighted by molar-refractivity contribution is -0.125. The first-order valence-corrected chi connectivity index (χ1v) is 6.11. The molecule has 0 saturated carbocycles. The Balaban J connectivity index is 2.14. The van der Waals surface area contributed by atoms with Crippen molar-refractivity contribution in [2.24, 2.45) is 0 Å². The van der Waals surface area contributed by atoms with E-state index in [0.29, 0.717) is 13.1 Å². The lowest BCUT2D eigenvalue weighted by Gasteiger charge is -2.07. The molecule has 0 radical (unpaired) electrons. The number of carbonyl (C=O) groups is 2. The van der Waals surface area contributed by atoms with E-state index in [1.807, 2.05) is 30.3 Å². The second-order valence-corrected chi connectivity index (χ2v) is 3.96.